The van der Waals surface area contributed by atoms with E-state index in [0.29, 0.717) is 23.9 Å². The molecule has 0 radical (unpaired) electrons. The fourth-order valence-electron chi connectivity index (χ4n) is 2.06. The van der Waals surface area contributed by atoms with Crippen molar-refractivity contribution in [2.45, 2.75) is 38.8 Å². The zero-order valence-electron chi connectivity index (χ0n) is 12.0. The van der Waals surface area contributed by atoms with Crippen LogP contribution in [0.5, 0.6) is 0 Å². The molecule has 0 aliphatic carbocycles. The van der Waals surface area contributed by atoms with Gasteiger partial charge in [0.05, 0.1) is 5.02 Å². The summed E-state index contributed by atoms with van der Waals surface area (Å²) in [5.41, 5.74) is -0.465. The van der Waals surface area contributed by atoms with Crippen LogP contribution < -0.4 is 5.32 Å². The second-order valence-electron chi connectivity index (χ2n) is 5.89. The summed E-state index contributed by atoms with van der Waals surface area (Å²) in [6, 6.07) is 3.72. The average molecular weight is 298 g/mol. The fourth-order valence-corrected chi connectivity index (χ4v) is 2.23. The molecule has 6 heteroatoms. The Morgan fingerprint density at radius 2 is 2.30 bits per heavy atom. The summed E-state index contributed by atoms with van der Waals surface area (Å²) in [6.45, 7) is 6.87. The van der Waals surface area contributed by atoms with Crippen molar-refractivity contribution in [1.29, 1.82) is 0 Å². The zero-order chi connectivity index (χ0) is 14.8. The van der Waals surface area contributed by atoms with Crippen molar-refractivity contribution in [3.05, 3.63) is 23.4 Å². The molecule has 2 rings (SSSR count). The highest BCUT2D eigenvalue weighted by Gasteiger charge is 2.30. The number of hydrogen-bond donors (Lipinski definition) is 1. The minimum Gasteiger partial charge on any atom is -0.444 e. The smallest absolute Gasteiger partial charge is 0.410 e. The number of anilines is 1. The van der Waals surface area contributed by atoms with Crippen molar-refractivity contribution in [2.24, 2.45) is 0 Å². The molecule has 0 aromatic carbocycles. The molecule has 0 unspecified atom stereocenters. The average Bonchev–Trinajstić information content (AvgIpc) is 2.79. The summed E-state index contributed by atoms with van der Waals surface area (Å²) in [4.78, 5) is 17.9. The third-order valence-corrected chi connectivity index (χ3v) is 3.24. The molecule has 110 valence electrons. The van der Waals surface area contributed by atoms with Crippen LogP contribution in [0.4, 0.5) is 10.6 Å². The minimum atomic E-state index is -0.465. The topological polar surface area (TPSA) is 54.5 Å². The van der Waals surface area contributed by atoms with Gasteiger partial charge in [-0.3, -0.25) is 0 Å². The molecule has 0 saturated carbocycles. The van der Waals surface area contributed by atoms with E-state index in [1.165, 1.54) is 0 Å². The Kier molecular flexibility index (Phi) is 4.38. The number of carbonyl (C=O) groups is 1. The van der Waals surface area contributed by atoms with Crippen molar-refractivity contribution >= 4 is 23.5 Å². The van der Waals surface area contributed by atoms with Gasteiger partial charge in [-0.15, -0.1) is 0 Å². The van der Waals surface area contributed by atoms with Crippen molar-refractivity contribution in [3.8, 4) is 0 Å². The summed E-state index contributed by atoms with van der Waals surface area (Å²) < 4.78 is 5.36. The first-order chi connectivity index (χ1) is 9.35. The normalized spacial score (nSPS) is 19.0. The number of nitrogens with zero attached hydrogens (tertiary/aromatic N) is 2. The molecular weight excluding hydrogens is 278 g/mol. The maximum absolute atomic E-state index is 12.0. The molecule has 1 aliphatic heterocycles. The molecule has 1 aromatic heterocycles. The van der Waals surface area contributed by atoms with E-state index in [1.807, 2.05) is 20.8 Å². The standard InChI is InChI=1S/C14H20ClN3O2/c1-14(2,3)20-13(19)18-8-6-10(9-18)17-12-11(15)5-4-7-16-12/h4-5,7,10H,6,8-9H2,1-3H3,(H,16,17)/t10-/m1/s1. The maximum atomic E-state index is 12.0. The molecule has 1 aliphatic rings. The summed E-state index contributed by atoms with van der Waals surface area (Å²) in [5.74, 6) is 0.658. The number of aromatic nitrogens is 1. The first-order valence-corrected chi connectivity index (χ1v) is 7.08. The highest BCUT2D eigenvalue weighted by Crippen LogP contribution is 2.22. The molecular formula is C14H20ClN3O2. The van der Waals surface area contributed by atoms with Gasteiger partial charge in [-0.1, -0.05) is 11.6 Å². The van der Waals surface area contributed by atoms with E-state index in [1.54, 1.807) is 23.2 Å². The molecule has 5 nitrogen and oxygen atoms in total. The van der Waals surface area contributed by atoms with Crippen molar-refractivity contribution in [3.63, 3.8) is 0 Å². The third-order valence-electron chi connectivity index (χ3n) is 2.94. The first kappa shape index (κ1) is 14.9. The largest absolute Gasteiger partial charge is 0.444 e. The van der Waals surface area contributed by atoms with Gasteiger partial charge in [-0.05, 0) is 39.3 Å². The molecule has 2 heterocycles. The molecule has 0 bridgehead atoms. The van der Waals surface area contributed by atoms with E-state index in [9.17, 15) is 4.79 Å². The van der Waals surface area contributed by atoms with Gasteiger partial charge in [0.2, 0.25) is 0 Å². The van der Waals surface area contributed by atoms with Gasteiger partial charge >= 0.3 is 6.09 Å². The van der Waals surface area contributed by atoms with Gasteiger partial charge in [0, 0.05) is 25.3 Å². The van der Waals surface area contributed by atoms with Crippen LogP contribution >= 0.6 is 11.6 Å². The summed E-state index contributed by atoms with van der Waals surface area (Å²) in [6.07, 6.45) is 2.27. The van der Waals surface area contributed by atoms with Crippen LogP contribution in [0, 0.1) is 0 Å². The number of carbonyl (C=O) groups excluding carboxylic acids is 1. The van der Waals surface area contributed by atoms with Gasteiger partial charge in [0.15, 0.2) is 0 Å². The quantitative estimate of drug-likeness (QED) is 0.911. The van der Waals surface area contributed by atoms with Crippen LogP contribution in [0.1, 0.15) is 27.2 Å². The van der Waals surface area contributed by atoms with Crippen LogP contribution in [0.3, 0.4) is 0 Å². The van der Waals surface area contributed by atoms with E-state index >= 15 is 0 Å². The number of pyridine rings is 1. The molecule has 0 spiro atoms. The molecule has 1 amide bonds. The lowest BCUT2D eigenvalue weighted by Crippen LogP contribution is -2.36. The Morgan fingerprint density at radius 3 is 2.95 bits per heavy atom. The van der Waals surface area contributed by atoms with E-state index in [4.69, 9.17) is 16.3 Å². The lowest BCUT2D eigenvalue weighted by Gasteiger charge is -2.24. The third kappa shape index (κ3) is 4.00. The summed E-state index contributed by atoms with van der Waals surface area (Å²) in [7, 11) is 0. The Labute approximate surface area is 124 Å². The van der Waals surface area contributed by atoms with Crippen LogP contribution in [0.15, 0.2) is 18.3 Å². The second kappa shape index (κ2) is 5.87. The van der Waals surface area contributed by atoms with Gasteiger partial charge < -0.3 is 15.0 Å². The van der Waals surface area contributed by atoms with E-state index in [0.717, 1.165) is 6.42 Å². The molecule has 1 fully saturated rings. The van der Waals surface area contributed by atoms with Gasteiger partial charge in [-0.2, -0.15) is 0 Å². The van der Waals surface area contributed by atoms with Crippen molar-refractivity contribution in [2.75, 3.05) is 18.4 Å². The SMILES string of the molecule is CC(C)(C)OC(=O)N1CC[C@@H](Nc2ncccc2Cl)C1. The number of hydrogen-bond acceptors (Lipinski definition) is 4. The number of nitrogens with one attached hydrogen (secondary N) is 1. The lowest BCUT2D eigenvalue weighted by atomic mass is 10.2. The van der Waals surface area contributed by atoms with E-state index < -0.39 is 5.60 Å². The molecule has 1 atom stereocenters. The Balaban J connectivity index is 1.90. The van der Waals surface area contributed by atoms with Crippen LogP contribution in [0.2, 0.25) is 5.02 Å². The van der Waals surface area contributed by atoms with Crippen LogP contribution in [0.25, 0.3) is 0 Å². The lowest BCUT2D eigenvalue weighted by molar-refractivity contribution is 0.0293. The van der Waals surface area contributed by atoms with Crippen molar-refractivity contribution in [1.82, 2.24) is 9.88 Å². The maximum Gasteiger partial charge on any atom is 0.410 e. The molecule has 1 aromatic rings. The summed E-state index contributed by atoms with van der Waals surface area (Å²) in [5, 5.41) is 3.85. The zero-order valence-corrected chi connectivity index (χ0v) is 12.8. The minimum absolute atomic E-state index is 0.148. The molecule has 20 heavy (non-hydrogen) atoms. The highest BCUT2D eigenvalue weighted by atomic mass is 35.5. The number of amides is 1. The number of halogens is 1. The monoisotopic (exact) mass is 297 g/mol. The fraction of sp³-hybridized carbons (Fsp3) is 0.571. The van der Waals surface area contributed by atoms with Gasteiger partial charge in [-0.25, -0.2) is 9.78 Å². The Hall–Kier alpha value is -1.49. The van der Waals surface area contributed by atoms with Crippen LogP contribution in [-0.2, 0) is 4.74 Å². The molecule has 1 saturated heterocycles. The predicted octanol–water partition coefficient (Wildman–Crippen LogP) is 3.16. The molecule has 1 N–H and O–H groups in total. The van der Waals surface area contributed by atoms with Crippen molar-refractivity contribution < 1.29 is 9.53 Å². The summed E-state index contributed by atoms with van der Waals surface area (Å²) >= 11 is 6.06. The second-order valence-corrected chi connectivity index (χ2v) is 6.30. The number of ether oxygens (including phenoxy) is 1. The highest BCUT2D eigenvalue weighted by molar-refractivity contribution is 6.32. The predicted molar refractivity (Wildman–Crippen MR) is 79.1 cm³/mol. The van der Waals surface area contributed by atoms with Crippen LogP contribution in [-0.4, -0.2) is 40.7 Å². The number of likely N-dealkylation sites (tertiary alicyclic amines) is 1. The van der Waals surface area contributed by atoms with E-state index in [2.05, 4.69) is 10.3 Å². The first-order valence-electron chi connectivity index (χ1n) is 6.70. The number of rotatable bonds is 2. The van der Waals surface area contributed by atoms with Gasteiger partial charge in [0.1, 0.15) is 11.4 Å². The Morgan fingerprint density at radius 1 is 1.55 bits per heavy atom. The van der Waals surface area contributed by atoms with E-state index in [-0.39, 0.29) is 12.1 Å². The Bertz CT molecular complexity index is 488. The van der Waals surface area contributed by atoms with Gasteiger partial charge in [0.25, 0.3) is 0 Å².